The lowest BCUT2D eigenvalue weighted by Gasteiger charge is -2.29. The van der Waals surface area contributed by atoms with Gasteiger partial charge < -0.3 is 10.2 Å². The summed E-state index contributed by atoms with van der Waals surface area (Å²) in [6, 6.07) is 10.6. The molecular formula is C17H24N2O. The van der Waals surface area contributed by atoms with E-state index >= 15 is 0 Å². The van der Waals surface area contributed by atoms with Gasteiger partial charge in [-0.1, -0.05) is 18.2 Å². The van der Waals surface area contributed by atoms with E-state index in [0.717, 1.165) is 18.1 Å². The summed E-state index contributed by atoms with van der Waals surface area (Å²) in [7, 11) is 2.10. The number of furan rings is 1. The lowest BCUT2D eigenvalue weighted by molar-refractivity contribution is 0.220. The molecule has 0 aliphatic rings. The number of nitrogens with two attached hydrogens (primary N) is 1. The number of likely N-dealkylation sites (N-methyl/N-ethyl adjacent to an activating group) is 1. The van der Waals surface area contributed by atoms with Gasteiger partial charge in [0.1, 0.15) is 11.5 Å². The predicted octanol–water partition coefficient (Wildman–Crippen LogP) is 3.34. The Morgan fingerprint density at radius 1 is 1.10 bits per heavy atom. The molecule has 1 aromatic carbocycles. The van der Waals surface area contributed by atoms with Gasteiger partial charge in [0.05, 0.1) is 6.54 Å². The second-order valence-electron chi connectivity index (χ2n) is 5.48. The minimum atomic E-state index is 0.210. The molecule has 2 rings (SSSR count). The number of aryl methyl sites for hydroxylation is 3. The van der Waals surface area contributed by atoms with E-state index in [1.165, 1.54) is 16.7 Å². The van der Waals surface area contributed by atoms with Gasteiger partial charge >= 0.3 is 0 Å². The molecule has 20 heavy (non-hydrogen) atoms. The molecule has 1 aromatic heterocycles. The zero-order valence-corrected chi connectivity index (χ0v) is 12.8. The Balaban J connectivity index is 2.23. The molecule has 3 heteroatoms. The third-order valence-corrected chi connectivity index (χ3v) is 3.83. The van der Waals surface area contributed by atoms with E-state index in [0.29, 0.717) is 6.54 Å². The summed E-state index contributed by atoms with van der Waals surface area (Å²) >= 11 is 0. The summed E-state index contributed by atoms with van der Waals surface area (Å²) in [5.74, 6) is 1.93. The van der Waals surface area contributed by atoms with Crippen molar-refractivity contribution in [3.8, 4) is 0 Å². The second kappa shape index (κ2) is 6.25. The maximum Gasteiger partial charge on any atom is 0.118 e. The van der Waals surface area contributed by atoms with E-state index in [2.05, 4.69) is 44.0 Å². The number of hydrogen-bond acceptors (Lipinski definition) is 3. The van der Waals surface area contributed by atoms with Crippen LogP contribution in [-0.2, 0) is 6.54 Å². The highest BCUT2D eigenvalue weighted by atomic mass is 16.3. The van der Waals surface area contributed by atoms with E-state index in [9.17, 15) is 0 Å². The van der Waals surface area contributed by atoms with Crippen LogP contribution in [0.15, 0.2) is 34.7 Å². The van der Waals surface area contributed by atoms with Crippen molar-refractivity contribution in [3.05, 3.63) is 58.5 Å². The van der Waals surface area contributed by atoms with E-state index in [4.69, 9.17) is 10.2 Å². The SMILES string of the molecule is Cc1ccc(CN(C)C(CN)c2c(C)cccc2C)o1. The molecule has 0 radical (unpaired) electrons. The van der Waals surface area contributed by atoms with Crippen molar-refractivity contribution in [3.63, 3.8) is 0 Å². The molecule has 2 aromatic rings. The van der Waals surface area contributed by atoms with E-state index in [1.54, 1.807) is 0 Å². The Morgan fingerprint density at radius 2 is 1.75 bits per heavy atom. The first-order valence-electron chi connectivity index (χ1n) is 7.04. The van der Waals surface area contributed by atoms with Gasteiger partial charge in [-0.05, 0) is 56.6 Å². The molecule has 0 saturated heterocycles. The lowest BCUT2D eigenvalue weighted by Crippen LogP contribution is -2.31. The molecule has 0 spiro atoms. The van der Waals surface area contributed by atoms with Crippen LogP contribution in [0.1, 0.15) is 34.3 Å². The first kappa shape index (κ1) is 14.8. The Morgan fingerprint density at radius 3 is 2.25 bits per heavy atom. The molecule has 1 unspecified atom stereocenters. The maximum atomic E-state index is 6.03. The average Bonchev–Trinajstić information content (AvgIpc) is 2.79. The van der Waals surface area contributed by atoms with Crippen LogP contribution in [0.25, 0.3) is 0 Å². The minimum absolute atomic E-state index is 0.210. The average molecular weight is 272 g/mol. The number of hydrogen-bond donors (Lipinski definition) is 1. The van der Waals surface area contributed by atoms with Crippen LogP contribution in [0.2, 0.25) is 0 Å². The van der Waals surface area contributed by atoms with Gasteiger partial charge in [0.15, 0.2) is 0 Å². The third-order valence-electron chi connectivity index (χ3n) is 3.83. The highest BCUT2D eigenvalue weighted by Gasteiger charge is 2.20. The normalized spacial score (nSPS) is 12.9. The topological polar surface area (TPSA) is 42.4 Å². The van der Waals surface area contributed by atoms with Crippen molar-refractivity contribution in [2.45, 2.75) is 33.4 Å². The molecule has 1 heterocycles. The number of nitrogens with zero attached hydrogens (tertiary/aromatic N) is 1. The summed E-state index contributed by atoms with van der Waals surface area (Å²) < 4.78 is 5.66. The Hall–Kier alpha value is -1.58. The maximum absolute atomic E-state index is 6.03. The van der Waals surface area contributed by atoms with Crippen molar-refractivity contribution in [1.82, 2.24) is 4.90 Å². The molecule has 3 nitrogen and oxygen atoms in total. The quantitative estimate of drug-likeness (QED) is 0.907. The predicted molar refractivity (Wildman–Crippen MR) is 82.6 cm³/mol. The fraction of sp³-hybridized carbons (Fsp3) is 0.412. The fourth-order valence-corrected chi connectivity index (χ4v) is 2.80. The minimum Gasteiger partial charge on any atom is -0.465 e. The van der Waals surface area contributed by atoms with Crippen molar-refractivity contribution < 1.29 is 4.42 Å². The number of benzene rings is 1. The van der Waals surface area contributed by atoms with Gasteiger partial charge in [0, 0.05) is 12.6 Å². The van der Waals surface area contributed by atoms with Gasteiger partial charge in [-0.25, -0.2) is 0 Å². The van der Waals surface area contributed by atoms with Gasteiger partial charge in [-0.15, -0.1) is 0 Å². The molecular weight excluding hydrogens is 248 g/mol. The summed E-state index contributed by atoms with van der Waals surface area (Å²) in [5.41, 5.74) is 9.95. The largest absolute Gasteiger partial charge is 0.465 e. The van der Waals surface area contributed by atoms with Crippen LogP contribution in [-0.4, -0.2) is 18.5 Å². The first-order chi connectivity index (χ1) is 9.52. The summed E-state index contributed by atoms with van der Waals surface area (Å²) in [5, 5.41) is 0. The van der Waals surface area contributed by atoms with Crippen molar-refractivity contribution in [2.24, 2.45) is 5.73 Å². The van der Waals surface area contributed by atoms with E-state index < -0.39 is 0 Å². The van der Waals surface area contributed by atoms with E-state index in [-0.39, 0.29) is 6.04 Å². The van der Waals surface area contributed by atoms with Crippen molar-refractivity contribution >= 4 is 0 Å². The Labute approximate surface area is 121 Å². The second-order valence-corrected chi connectivity index (χ2v) is 5.48. The van der Waals surface area contributed by atoms with Gasteiger partial charge in [-0.2, -0.15) is 0 Å². The Bertz CT molecular complexity index is 554. The lowest BCUT2D eigenvalue weighted by atomic mass is 9.95. The van der Waals surface area contributed by atoms with Gasteiger partial charge in [-0.3, -0.25) is 4.90 Å². The molecule has 0 bridgehead atoms. The highest BCUT2D eigenvalue weighted by molar-refractivity contribution is 5.36. The van der Waals surface area contributed by atoms with Crippen LogP contribution >= 0.6 is 0 Å². The first-order valence-corrected chi connectivity index (χ1v) is 7.04. The smallest absolute Gasteiger partial charge is 0.118 e. The zero-order valence-electron chi connectivity index (χ0n) is 12.8. The van der Waals surface area contributed by atoms with Gasteiger partial charge in [0.25, 0.3) is 0 Å². The summed E-state index contributed by atoms with van der Waals surface area (Å²) in [6.07, 6.45) is 0. The standard InChI is InChI=1S/C17H24N2O/c1-12-6-5-7-13(2)17(12)16(10-18)19(4)11-15-9-8-14(3)20-15/h5-9,16H,10-11,18H2,1-4H3. The van der Waals surface area contributed by atoms with Crippen LogP contribution in [0, 0.1) is 20.8 Å². The van der Waals surface area contributed by atoms with Crippen LogP contribution < -0.4 is 5.73 Å². The third kappa shape index (κ3) is 3.11. The molecule has 0 saturated carbocycles. The number of rotatable bonds is 5. The van der Waals surface area contributed by atoms with Crippen molar-refractivity contribution in [2.75, 3.05) is 13.6 Å². The van der Waals surface area contributed by atoms with Crippen LogP contribution in [0.3, 0.4) is 0 Å². The van der Waals surface area contributed by atoms with Gasteiger partial charge in [0.2, 0.25) is 0 Å². The molecule has 0 fully saturated rings. The van der Waals surface area contributed by atoms with Crippen LogP contribution in [0.5, 0.6) is 0 Å². The molecule has 0 aliphatic heterocycles. The molecule has 2 N–H and O–H groups in total. The molecule has 0 amide bonds. The fourth-order valence-electron chi connectivity index (χ4n) is 2.80. The molecule has 108 valence electrons. The Kier molecular flexibility index (Phi) is 4.63. The molecule has 0 aliphatic carbocycles. The monoisotopic (exact) mass is 272 g/mol. The molecule has 1 atom stereocenters. The summed E-state index contributed by atoms with van der Waals surface area (Å²) in [4.78, 5) is 2.26. The highest BCUT2D eigenvalue weighted by Crippen LogP contribution is 2.26. The van der Waals surface area contributed by atoms with Crippen molar-refractivity contribution in [1.29, 1.82) is 0 Å². The van der Waals surface area contributed by atoms with Crippen LogP contribution in [0.4, 0.5) is 0 Å². The summed E-state index contributed by atoms with van der Waals surface area (Å²) in [6.45, 7) is 7.63. The van der Waals surface area contributed by atoms with E-state index in [1.807, 2.05) is 19.1 Å². The zero-order chi connectivity index (χ0) is 14.7.